The molecule has 0 aliphatic rings. The van der Waals surface area contributed by atoms with E-state index in [2.05, 4.69) is 49.3 Å². The molecule has 0 aromatic heterocycles. The van der Waals surface area contributed by atoms with Crippen LogP contribution in [0.4, 0.5) is 0 Å². The molecule has 1 atom stereocenters. The lowest BCUT2D eigenvalue weighted by molar-refractivity contribution is 0.351. The lowest BCUT2D eigenvalue weighted by Gasteiger charge is -2.29. The molecule has 2 aromatic carbocycles. The van der Waals surface area contributed by atoms with Crippen molar-refractivity contribution in [2.45, 2.75) is 18.3 Å². The fourth-order valence-electron chi connectivity index (χ4n) is 2.61. The zero-order chi connectivity index (χ0) is 15.1. The molecule has 2 nitrogen and oxygen atoms in total. The molecule has 0 amide bonds. The highest BCUT2D eigenvalue weighted by molar-refractivity contribution is 5.36. The Hall–Kier alpha value is -2.11. The van der Waals surface area contributed by atoms with Gasteiger partial charge in [-0.3, -0.25) is 0 Å². The van der Waals surface area contributed by atoms with Gasteiger partial charge in [-0.05, 0) is 44.6 Å². The minimum Gasteiger partial charge on any atom is -0.309 e. The maximum absolute atomic E-state index is 9.94. The third-order valence-electron chi connectivity index (χ3n) is 3.87. The number of nitrogens with zero attached hydrogens (tertiary/aromatic N) is 2. The van der Waals surface area contributed by atoms with E-state index in [1.54, 1.807) is 0 Å². The topological polar surface area (TPSA) is 27.0 Å². The molecule has 2 heteroatoms. The van der Waals surface area contributed by atoms with E-state index < -0.39 is 5.41 Å². The van der Waals surface area contributed by atoms with Crippen LogP contribution in [0.1, 0.15) is 17.5 Å². The van der Waals surface area contributed by atoms with Gasteiger partial charge in [0.15, 0.2) is 0 Å². The van der Waals surface area contributed by atoms with Crippen LogP contribution in [0.5, 0.6) is 0 Å². The minimum atomic E-state index is -0.465. The molecule has 0 bridgehead atoms. The van der Waals surface area contributed by atoms with Gasteiger partial charge >= 0.3 is 0 Å². The monoisotopic (exact) mass is 278 g/mol. The first kappa shape index (κ1) is 15.3. The van der Waals surface area contributed by atoms with Crippen LogP contribution >= 0.6 is 0 Å². The molecule has 2 rings (SSSR count). The van der Waals surface area contributed by atoms with E-state index in [0.717, 1.165) is 24.9 Å². The van der Waals surface area contributed by atoms with Crippen LogP contribution in [0.3, 0.4) is 0 Å². The van der Waals surface area contributed by atoms with Crippen LogP contribution < -0.4 is 0 Å². The molecular formula is C19H22N2. The molecule has 0 unspecified atom stereocenters. The molecule has 0 aliphatic heterocycles. The third kappa shape index (κ3) is 3.93. The first-order valence-electron chi connectivity index (χ1n) is 7.32. The largest absolute Gasteiger partial charge is 0.309 e. The van der Waals surface area contributed by atoms with E-state index in [1.165, 1.54) is 5.56 Å². The first-order chi connectivity index (χ1) is 10.2. The number of benzene rings is 2. The summed E-state index contributed by atoms with van der Waals surface area (Å²) in [6, 6.07) is 23.1. The quantitative estimate of drug-likeness (QED) is 0.806. The Balaban J connectivity index is 2.35. The number of nitriles is 1. The van der Waals surface area contributed by atoms with Gasteiger partial charge in [-0.25, -0.2) is 0 Å². The van der Waals surface area contributed by atoms with Crippen LogP contribution in [0, 0.1) is 11.3 Å². The summed E-state index contributed by atoms with van der Waals surface area (Å²) >= 11 is 0. The lowest BCUT2D eigenvalue weighted by Crippen LogP contribution is -2.31. The summed E-state index contributed by atoms with van der Waals surface area (Å²) < 4.78 is 0. The van der Waals surface area contributed by atoms with Gasteiger partial charge in [0.1, 0.15) is 0 Å². The van der Waals surface area contributed by atoms with Crippen molar-refractivity contribution >= 4 is 0 Å². The van der Waals surface area contributed by atoms with Crippen LogP contribution in [0.15, 0.2) is 60.7 Å². The average Bonchev–Trinajstić information content (AvgIpc) is 2.53. The molecular weight excluding hydrogens is 256 g/mol. The molecule has 0 aliphatic carbocycles. The Bertz CT molecular complexity index is 584. The predicted octanol–water partition coefficient (Wildman–Crippen LogP) is 3.64. The predicted molar refractivity (Wildman–Crippen MR) is 87.1 cm³/mol. The zero-order valence-electron chi connectivity index (χ0n) is 12.8. The fourth-order valence-corrected chi connectivity index (χ4v) is 2.61. The minimum absolute atomic E-state index is 0.465. The second kappa shape index (κ2) is 7.06. The summed E-state index contributed by atoms with van der Waals surface area (Å²) in [5, 5.41) is 9.94. The number of rotatable bonds is 6. The highest BCUT2D eigenvalue weighted by Crippen LogP contribution is 2.31. The molecule has 0 saturated heterocycles. The van der Waals surface area contributed by atoms with E-state index in [1.807, 2.05) is 36.4 Å². The SMILES string of the molecule is CN(C)CC[C@@](C#N)(Cc1ccccc1)c1ccccc1. The normalized spacial score (nSPS) is 13.6. The van der Waals surface area contributed by atoms with Gasteiger partial charge in [0.25, 0.3) is 0 Å². The molecule has 0 heterocycles. The van der Waals surface area contributed by atoms with Crippen molar-refractivity contribution in [3.8, 4) is 6.07 Å². The van der Waals surface area contributed by atoms with E-state index in [0.29, 0.717) is 0 Å². The maximum Gasteiger partial charge on any atom is 0.0874 e. The fraction of sp³-hybridized carbons (Fsp3) is 0.316. The van der Waals surface area contributed by atoms with Crippen molar-refractivity contribution in [3.05, 3.63) is 71.8 Å². The summed E-state index contributed by atoms with van der Waals surface area (Å²) in [5.41, 5.74) is 1.85. The van der Waals surface area contributed by atoms with Crippen molar-refractivity contribution in [1.82, 2.24) is 4.90 Å². The highest BCUT2D eigenvalue weighted by atomic mass is 15.0. The molecule has 21 heavy (non-hydrogen) atoms. The Morgan fingerprint density at radius 1 is 0.952 bits per heavy atom. The van der Waals surface area contributed by atoms with Gasteiger partial charge in [0.05, 0.1) is 11.5 Å². The summed E-state index contributed by atoms with van der Waals surface area (Å²) in [7, 11) is 4.10. The van der Waals surface area contributed by atoms with E-state index in [-0.39, 0.29) is 0 Å². The summed E-state index contributed by atoms with van der Waals surface area (Å²) in [4.78, 5) is 2.14. The third-order valence-corrected chi connectivity index (χ3v) is 3.87. The first-order valence-corrected chi connectivity index (χ1v) is 7.32. The average molecular weight is 278 g/mol. The van der Waals surface area contributed by atoms with Crippen LogP contribution in [0.25, 0.3) is 0 Å². The highest BCUT2D eigenvalue weighted by Gasteiger charge is 2.32. The summed E-state index contributed by atoms with van der Waals surface area (Å²) in [6.07, 6.45) is 1.58. The standard InChI is InChI=1S/C19H22N2/c1-21(2)14-13-19(16-20,18-11-7-4-8-12-18)15-17-9-5-3-6-10-17/h3-12H,13-15H2,1-2H3/t19-/m0/s1. The van der Waals surface area contributed by atoms with E-state index >= 15 is 0 Å². The Kier molecular flexibility index (Phi) is 5.14. The van der Waals surface area contributed by atoms with Crippen LogP contribution in [-0.4, -0.2) is 25.5 Å². The Labute approximate surface area is 127 Å². The van der Waals surface area contributed by atoms with E-state index in [9.17, 15) is 5.26 Å². The zero-order valence-corrected chi connectivity index (χ0v) is 12.8. The Morgan fingerprint density at radius 2 is 1.52 bits per heavy atom. The van der Waals surface area contributed by atoms with Crippen molar-refractivity contribution < 1.29 is 0 Å². The summed E-state index contributed by atoms with van der Waals surface area (Å²) in [6.45, 7) is 0.898. The molecule has 0 saturated carbocycles. The van der Waals surface area contributed by atoms with Crippen molar-refractivity contribution in [2.75, 3.05) is 20.6 Å². The maximum atomic E-state index is 9.94. The van der Waals surface area contributed by atoms with E-state index in [4.69, 9.17) is 0 Å². The van der Waals surface area contributed by atoms with Gasteiger partial charge in [-0.1, -0.05) is 60.7 Å². The van der Waals surface area contributed by atoms with Gasteiger partial charge in [0.2, 0.25) is 0 Å². The lowest BCUT2D eigenvalue weighted by atomic mass is 9.74. The van der Waals surface area contributed by atoms with Gasteiger partial charge in [-0.2, -0.15) is 5.26 Å². The number of hydrogen-bond acceptors (Lipinski definition) is 2. The Morgan fingerprint density at radius 3 is 2.05 bits per heavy atom. The van der Waals surface area contributed by atoms with Gasteiger partial charge in [-0.15, -0.1) is 0 Å². The second-order valence-corrected chi connectivity index (χ2v) is 5.78. The molecule has 2 aromatic rings. The van der Waals surface area contributed by atoms with Crippen LogP contribution in [0.2, 0.25) is 0 Å². The van der Waals surface area contributed by atoms with Gasteiger partial charge < -0.3 is 4.90 Å². The van der Waals surface area contributed by atoms with Crippen molar-refractivity contribution in [3.63, 3.8) is 0 Å². The molecule has 0 fully saturated rings. The number of hydrogen-bond donors (Lipinski definition) is 0. The van der Waals surface area contributed by atoms with Crippen LogP contribution in [-0.2, 0) is 11.8 Å². The van der Waals surface area contributed by atoms with Crippen molar-refractivity contribution in [1.29, 1.82) is 5.26 Å². The van der Waals surface area contributed by atoms with Crippen molar-refractivity contribution in [2.24, 2.45) is 0 Å². The second-order valence-electron chi connectivity index (χ2n) is 5.78. The van der Waals surface area contributed by atoms with Gasteiger partial charge in [0, 0.05) is 0 Å². The molecule has 108 valence electrons. The molecule has 0 radical (unpaired) electrons. The smallest absolute Gasteiger partial charge is 0.0874 e. The summed E-state index contributed by atoms with van der Waals surface area (Å²) in [5.74, 6) is 0. The molecule has 0 spiro atoms. The molecule has 0 N–H and O–H groups in total.